The van der Waals surface area contributed by atoms with Gasteiger partial charge in [0.15, 0.2) is 18.1 Å². The number of carbonyl (C=O) groups is 2. The molecule has 1 amide bonds. The molecule has 2 aromatic carbocycles. The van der Waals surface area contributed by atoms with E-state index >= 15 is 0 Å². The number of nitrogens with one attached hydrogen (secondary N) is 1. The summed E-state index contributed by atoms with van der Waals surface area (Å²) in [5.41, 5.74) is 1.04. The van der Waals surface area contributed by atoms with Gasteiger partial charge in [-0.15, -0.1) is 0 Å². The lowest BCUT2D eigenvalue weighted by atomic mass is 10.2. The largest absolute Gasteiger partial charge is 0.490 e. The summed E-state index contributed by atoms with van der Waals surface area (Å²) in [4.78, 5) is 23.8. The maximum atomic E-state index is 12.1. The average Bonchev–Trinajstić information content (AvgIpc) is 2.77. The van der Waals surface area contributed by atoms with Crippen LogP contribution in [0.15, 0.2) is 48.5 Å². The highest BCUT2D eigenvalue weighted by Gasteiger charge is 2.09. The van der Waals surface area contributed by atoms with Crippen LogP contribution in [-0.4, -0.2) is 38.3 Å². The van der Waals surface area contributed by atoms with Gasteiger partial charge in [0.05, 0.1) is 13.2 Å². The second-order valence-corrected chi connectivity index (χ2v) is 6.38. The van der Waals surface area contributed by atoms with Crippen molar-refractivity contribution < 1.29 is 37.3 Å². The standard InChI is InChI=1S/C23H25F2NO6/c1-3-13-30-19-11-5-16(14-20(19)29-4-2)6-12-22(28)31-15-21(27)26-17-7-9-18(10-8-17)32-23(24)25/h5-12,14,23H,3-4,13,15H2,1-2H3,(H,26,27)/b12-6+. The molecule has 32 heavy (non-hydrogen) atoms. The molecular weight excluding hydrogens is 424 g/mol. The monoisotopic (exact) mass is 449 g/mol. The minimum Gasteiger partial charge on any atom is -0.490 e. The molecule has 0 aliphatic carbocycles. The molecule has 172 valence electrons. The molecule has 7 nitrogen and oxygen atoms in total. The Morgan fingerprint density at radius 1 is 1.03 bits per heavy atom. The summed E-state index contributed by atoms with van der Waals surface area (Å²) in [5.74, 6) is -0.123. The molecule has 2 rings (SSSR count). The molecular formula is C23H25F2NO6. The van der Waals surface area contributed by atoms with Gasteiger partial charge in [0.1, 0.15) is 5.75 Å². The number of carbonyl (C=O) groups excluding carboxylic acids is 2. The second kappa shape index (κ2) is 12.9. The predicted octanol–water partition coefficient (Wildman–Crippen LogP) is 4.67. The molecule has 0 saturated carbocycles. The Kier molecular flexibility index (Phi) is 9.96. The van der Waals surface area contributed by atoms with E-state index in [1.165, 1.54) is 36.4 Å². The van der Waals surface area contributed by atoms with Gasteiger partial charge >= 0.3 is 12.6 Å². The minimum atomic E-state index is -2.93. The van der Waals surface area contributed by atoms with Crippen LogP contribution in [0, 0.1) is 0 Å². The second-order valence-electron chi connectivity index (χ2n) is 6.38. The molecule has 0 heterocycles. The highest BCUT2D eigenvalue weighted by Crippen LogP contribution is 2.29. The molecule has 0 saturated heterocycles. The summed E-state index contributed by atoms with van der Waals surface area (Å²) in [6.45, 7) is 1.46. The Morgan fingerprint density at radius 3 is 2.44 bits per heavy atom. The van der Waals surface area contributed by atoms with Gasteiger partial charge in [-0.1, -0.05) is 13.0 Å². The number of esters is 1. The Labute approximate surface area is 184 Å². The Hall–Kier alpha value is -3.62. The zero-order chi connectivity index (χ0) is 23.3. The van der Waals surface area contributed by atoms with E-state index < -0.39 is 25.1 Å². The third-order valence-electron chi connectivity index (χ3n) is 3.85. The number of hydrogen-bond donors (Lipinski definition) is 1. The van der Waals surface area contributed by atoms with E-state index in [2.05, 4.69) is 10.1 Å². The van der Waals surface area contributed by atoms with Gasteiger partial charge in [-0.2, -0.15) is 8.78 Å². The van der Waals surface area contributed by atoms with E-state index in [0.717, 1.165) is 6.42 Å². The third-order valence-corrected chi connectivity index (χ3v) is 3.85. The van der Waals surface area contributed by atoms with E-state index in [1.54, 1.807) is 18.2 Å². The number of anilines is 1. The summed E-state index contributed by atoms with van der Waals surface area (Å²) < 4.78 is 44.6. The first-order chi connectivity index (χ1) is 15.4. The van der Waals surface area contributed by atoms with Crippen molar-refractivity contribution in [3.05, 3.63) is 54.1 Å². The fraction of sp³-hybridized carbons (Fsp3) is 0.304. The molecule has 2 aromatic rings. The lowest BCUT2D eigenvalue weighted by molar-refractivity contribution is -0.142. The number of rotatable bonds is 12. The van der Waals surface area contributed by atoms with Gasteiger partial charge in [-0.05, 0) is 61.4 Å². The summed E-state index contributed by atoms with van der Waals surface area (Å²) in [6, 6.07) is 10.6. The van der Waals surface area contributed by atoms with Crippen molar-refractivity contribution in [2.75, 3.05) is 25.1 Å². The molecule has 0 aromatic heterocycles. The van der Waals surface area contributed by atoms with Crippen molar-refractivity contribution in [1.29, 1.82) is 0 Å². The number of alkyl halides is 2. The topological polar surface area (TPSA) is 83.1 Å². The highest BCUT2D eigenvalue weighted by atomic mass is 19.3. The zero-order valence-corrected chi connectivity index (χ0v) is 17.8. The molecule has 0 radical (unpaired) electrons. The Morgan fingerprint density at radius 2 is 1.78 bits per heavy atom. The SMILES string of the molecule is CCCOc1ccc(/C=C/C(=O)OCC(=O)Nc2ccc(OC(F)F)cc2)cc1OCC. The van der Waals surface area contributed by atoms with Crippen LogP contribution in [0.3, 0.4) is 0 Å². The Bertz CT molecular complexity index is 915. The molecule has 0 aliphatic heterocycles. The van der Waals surface area contributed by atoms with Crippen LogP contribution in [0.5, 0.6) is 17.2 Å². The van der Waals surface area contributed by atoms with E-state index in [9.17, 15) is 18.4 Å². The molecule has 0 bridgehead atoms. The Balaban J connectivity index is 1.85. The lowest BCUT2D eigenvalue weighted by Gasteiger charge is -2.12. The van der Waals surface area contributed by atoms with Crippen LogP contribution < -0.4 is 19.5 Å². The van der Waals surface area contributed by atoms with Crippen molar-refractivity contribution >= 4 is 23.6 Å². The number of hydrogen-bond acceptors (Lipinski definition) is 6. The van der Waals surface area contributed by atoms with Crippen LogP contribution in [0.4, 0.5) is 14.5 Å². The molecule has 0 spiro atoms. The van der Waals surface area contributed by atoms with Gasteiger partial charge in [0.25, 0.3) is 5.91 Å². The minimum absolute atomic E-state index is 0.0352. The fourth-order valence-corrected chi connectivity index (χ4v) is 2.49. The first-order valence-electron chi connectivity index (χ1n) is 10.0. The summed E-state index contributed by atoms with van der Waals surface area (Å²) in [5, 5.41) is 2.48. The van der Waals surface area contributed by atoms with E-state index in [0.29, 0.717) is 36.0 Å². The number of halogens is 2. The van der Waals surface area contributed by atoms with Crippen LogP contribution in [0.25, 0.3) is 6.08 Å². The van der Waals surface area contributed by atoms with Gasteiger partial charge in [-0.25, -0.2) is 4.79 Å². The van der Waals surface area contributed by atoms with Crippen LogP contribution >= 0.6 is 0 Å². The number of ether oxygens (including phenoxy) is 4. The van der Waals surface area contributed by atoms with Crippen molar-refractivity contribution in [1.82, 2.24) is 0 Å². The summed E-state index contributed by atoms with van der Waals surface area (Å²) in [6.07, 6.45) is 3.60. The smallest absolute Gasteiger partial charge is 0.387 e. The first kappa shape index (κ1) is 24.6. The van der Waals surface area contributed by atoms with E-state index in [4.69, 9.17) is 14.2 Å². The van der Waals surface area contributed by atoms with E-state index in [1.807, 2.05) is 13.8 Å². The normalized spacial score (nSPS) is 10.8. The van der Waals surface area contributed by atoms with Crippen molar-refractivity contribution in [3.8, 4) is 17.2 Å². The zero-order valence-electron chi connectivity index (χ0n) is 17.8. The average molecular weight is 449 g/mol. The summed E-state index contributed by atoms with van der Waals surface area (Å²) >= 11 is 0. The number of benzene rings is 2. The van der Waals surface area contributed by atoms with Crippen molar-refractivity contribution in [2.24, 2.45) is 0 Å². The molecule has 9 heteroatoms. The fourth-order valence-electron chi connectivity index (χ4n) is 2.49. The maximum absolute atomic E-state index is 12.1. The van der Waals surface area contributed by atoms with Gasteiger partial charge in [0, 0.05) is 11.8 Å². The molecule has 0 atom stereocenters. The highest BCUT2D eigenvalue weighted by molar-refractivity contribution is 5.94. The molecule has 0 unspecified atom stereocenters. The molecule has 0 fully saturated rings. The van der Waals surface area contributed by atoms with Crippen molar-refractivity contribution in [2.45, 2.75) is 26.9 Å². The maximum Gasteiger partial charge on any atom is 0.387 e. The summed E-state index contributed by atoms with van der Waals surface area (Å²) in [7, 11) is 0. The predicted molar refractivity (Wildman–Crippen MR) is 115 cm³/mol. The molecule has 1 N–H and O–H groups in total. The quantitative estimate of drug-likeness (QED) is 0.375. The third kappa shape index (κ3) is 8.63. The number of amides is 1. The lowest BCUT2D eigenvalue weighted by Crippen LogP contribution is -2.20. The molecule has 0 aliphatic rings. The van der Waals surface area contributed by atoms with Gasteiger partial charge in [-0.3, -0.25) is 4.79 Å². The van der Waals surface area contributed by atoms with Crippen molar-refractivity contribution in [3.63, 3.8) is 0 Å². The van der Waals surface area contributed by atoms with Gasteiger partial charge in [0.2, 0.25) is 0 Å². The first-order valence-corrected chi connectivity index (χ1v) is 10.0. The van der Waals surface area contributed by atoms with Crippen LogP contribution in [0.2, 0.25) is 0 Å². The van der Waals surface area contributed by atoms with Crippen LogP contribution in [0.1, 0.15) is 25.8 Å². The van der Waals surface area contributed by atoms with E-state index in [-0.39, 0.29) is 5.75 Å². The van der Waals surface area contributed by atoms with Crippen LogP contribution in [-0.2, 0) is 14.3 Å². The van der Waals surface area contributed by atoms with Gasteiger partial charge < -0.3 is 24.3 Å².